The Morgan fingerprint density at radius 1 is 0.553 bits per heavy atom. The summed E-state index contributed by atoms with van der Waals surface area (Å²) in [7, 11) is 0. The fraction of sp³-hybridized carbons (Fsp3) is 0.429. The molecule has 0 amide bonds. The van der Waals surface area contributed by atoms with Gasteiger partial charge in [-0.3, -0.25) is 0 Å². The monoisotopic (exact) mass is 642 g/mol. The lowest BCUT2D eigenvalue weighted by Gasteiger charge is -2.28. The van der Waals surface area contributed by atoms with Crippen molar-refractivity contribution >= 4 is 0 Å². The molecule has 0 bridgehead atoms. The van der Waals surface area contributed by atoms with Crippen LogP contribution in [0.25, 0.3) is 22.3 Å². The van der Waals surface area contributed by atoms with Crippen molar-refractivity contribution in [2.24, 2.45) is 5.92 Å². The van der Waals surface area contributed by atoms with Crippen molar-refractivity contribution in [2.75, 3.05) is 13.2 Å². The van der Waals surface area contributed by atoms with E-state index < -0.39 is 11.6 Å². The van der Waals surface area contributed by atoms with E-state index in [0.29, 0.717) is 24.7 Å². The zero-order valence-electron chi connectivity index (χ0n) is 27.8. The Morgan fingerprint density at radius 3 is 1.72 bits per heavy atom. The summed E-state index contributed by atoms with van der Waals surface area (Å²) < 4.78 is 54.5. The van der Waals surface area contributed by atoms with Crippen LogP contribution in [-0.2, 0) is 0 Å². The zero-order valence-corrected chi connectivity index (χ0v) is 27.8. The number of hydrogen-bond donors (Lipinski definition) is 0. The molecule has 4 aromatic rings. The van der Waals surface area contributed by atoms with Crippen LogP contribution in [0.2, 0.25) is 0 Å². The third-order valence-electron chi connectivity index (χ3n) is 9.63. The van der Waals surface area contributed by atoms with Gasteiger partial charge in [0.25, 0.3) is 0 Å². The van der Waals surface area contributed by atoms with Gasteiger partial charge < -0.3 is 9.47 Å². The highest BCUT2D eigenvalue weighted by atomic mass is 19.2. The highest BCUT2D eigenvalue weighted by Crippen LogP contribution is 2.38. The van der Waals surface area contributed by atoms with Crippen molar-refractivity contribution in [1.82, 2.24) is 0 Å². The van der Waals surface area contributed by atoms with Gasteiger partial charge in [0.2, 0.25) is 5.82 Å². The minimum Gasteiger partial charge on any atom is -0.494 e. The molecule has 1 aliphatic rings. The van der Waals surface area contributed by atoms with Crippen LogP contribution < -0.4 is 9.47 Å². The lowest BCUT2D eigenvalue weighted by molar-refractivity contribution is 0.284. The molecule has 1 aliphatic carbocycles. The maximum absolute atomic E-state index is 15.0. The molecule has 4 aromatic carbocycles. The number of unbranched alkanes of at least 4 members (excludes halogenated alkanes) is 6. The molecule has 250 valence electrons. The molecule has 5 heteroatoms. The van der Waals surface area contributed by atoms with Crippen molar-refractivity contribution in [3.63, 3.8) is 0 Å². The molecule has 0 saturated heterocycles. The van der Waals surface area contributed by atoms with Gasteiger partial charge in [0.05, 0.1) is 13.2 Å². The van der Waals surface area contributed by atoms with Crippen molar-refractivity contribution in [3.05, 3.63) is 108 Å². The summed E-state index contributed by atoms with van der Waals surface area (Å²) in [4.78, 5) is 0. The molecular weight excluding hydrogens is 593 g/mol. The SMILES string of the molecule is CCCC1CCC(c2ccc(-c3ccc(OCCCCCCCCCOc4ccc(-c5ccc(F)cc5)cc4)c(F)c3F)cc2)CC1. The van der Waals surface area contributed by atoms with E-state index in [9.17, 15) is 8.78 Å². The minimum atomic E-state index is -0.910. The first-order chi connectivity index (χ1) is 23.0. The highest BCUT2D eigenvalue weighted by Gasteiger charge is 2.22. The fourth-order valence-electron chi connectivity index (χ4n) is 6.84. The molecule has 1 saturated carbocycles. The fourth-order valence-corrected chi connectivity index (χ4v) is 6.84. The number of hydrogen-bond acceptors (Lipinski definition) is 2. The summed E-state index contributed by atoms with van der Waals surface area (Å²) in [5, 5.41) is 0. The van der Waals surface area contributed by atoms with Crippen LogP contribution in [0.5, 0.6) is 11.5 Å². The van der Waals surface area contributed by atoms with E-state index in [1.54, 1.807) is 24.3 Å². The second kappa shape index (κ2) is 18.0. The Labute approximate surface area is 279 Å². The predicted octanol–water partition coefficient (Wildman–Crippen LogP) is 12.7. The Balaban J connectivity index is 0.934. The van der Waals surface area contributed by atoms with Gasteiger partial charge in [-0.05, 0) is 109 Å². The third-order valence-corrected chi connectivity index (χ3v) is 9.63. The number of ether oxygens (including phenoxy) is 2. The van der Waals surface area contributed by atoms with Crippen LogP contribution >= 0.6 is 0 Å². The summed E-state index contributed by atoms with van der Waals surface area (Å²) in [6.45, 7) is 3.31. The molecule has 0 aromatic heterocycles. The standard InChI is InChI=1S/C42H49F3O2/c1-2-10-31-11-13-32(14-12-31)33-15-17-36(18-16-33)39-27-28-40(42(45)41(39)44)47-30-9-7-5-3-4-6-8-29-46-38-25-21-35(22-26-38)34-19-23-37(43)24-20-34/h15-28,31-32H,2-14,29-30H2,1H3. The Kier molecular flexibility index (Phi) is 13.2. The van der Waals surface area contributed by atoms with E-state index >= 15 is 4.39 Å². The third kappa shape index (κ3) is 10.1. The van der Waals surface area contributed by atoms with E-state index in [1.807, 2.05) is 36.4 Å². The van der Waals surface area contributed by atoms with E-state index in [1.165, 1.54) is 56.2 Å². The van der Waals surface area contributed by atoms with Crippen LogP contribution in [0, 0.1) is 23.4 Å². The van der Waals surface area contributed by atoms with Gasteiger partial charge in [-0.15, -0.1) is 0 Å². The van der Waals surface area contributed by atoms with E-state index in [2.05, 4.69) is 19.1 Å². The second-order valence-electron chi connectivity index (χ2n) is 13.1. The van der Waals surface area contributed by atoms with Crippen LogP contribution in [0.15, 0.2) is 84.9 Å². The van der Waals surface area contributed by atoms with Crippen molar-refractivity contribution in [3.8, 4) is 33.8 Å². The quantitative estimate of drug-likeness (QED) is 0.107. The summed E-state index contributed by atoms with van der Waals surface area (Å²) in [5.41, 5.74) is 4.29. The smallest absolute Gasteiger partial charge is 0.201 e. The number of halogens is 3. The van der Waals surface area contributed by atoms with E-state index in [4.69, 9.17) is 9.47 Å². The highest BCUT2D eigenvalue weighted by molar-refractivity contribution is 5.66. The number of rotatable bonds is 17. The largest absolute Gasteiger partial charge is 0.494 e. The van der Waals surface area contributed by atoms with Crippen LogP contribution in [0.1, 0.15) is 102 Å². The van der Waals surface area contributed by atoms with Crippen LogP contribution in [0.3, 0.4) is 0 Å². The van der Waals surface area contributed by atoms with Gasteiger partial charge in [0, 0.05) is 5.56 Å². The molecule has 0 radical (unpaired) electrons. The first-order valence-electron chi connectivity index (χ1n) is 17.7. The zero-order chi connectivity index (χ0) is 32.8. The molecule has 2 nitrogen and oxygen atoms in total. The average molecular weight is 643 g/mol. The Bertz CT molecular complexity index is 1490. The summed E-state index contributed by atoms with van der Waals surface area (Å²) in [5.74, 6) is 0.265. The first-order valence-corrected chi connectivity index (χ1v) is 17.7. The second-order valence-corrected chi connectivity index (χ2v) is 13.1. The summed E-state index contributed by atoms with van der Waals surface area (Å²) in [6.07, 6.45) is 14.8. The molecule has 0 N–H and O–H groups in total. The summed E-state index contributed by atoms with van der Waals surface area (Å²) in [6, 6.07) is 25.6. The van der Waals surface area contributed by atoms with Crippen LogP contribution in [-0.4, -0.2) is 13.2 Å². The lowest BCUT2D eigenvalue weighted by atomic mass is 9.77. The van der Waals surface area contributed by atoms with Gasteiger partial charge in [0.1, 0.15) is 11.6 Å². The van der Waals surface area contributed by atoms with Gasteiger partial charge >= 0.3 is 0 Å². The molecule has 0 atom stereocenters. The Hall–Kier alpha value is -3.73. The van der Waals surface area contributed by atoms with E-state index in [0.717, 1.165) is 67.7 Å². The number of benzene rings is 4. The van der Waals surface area contributed by atoms with Crippen LogP contribution in [0.4, 0.5) is 13.2 Å². The van der Waals surface area contributed by atoms with Crippen molar-refractivity contribution in [2.45, 2.75) is 96.3 Å². The molecule has 0 spiro atoms. The summed E-state index contributed by atoms with van der Waals surface area (Å²) >= 11 is 0. The van der Waals surface area contributed by atoms with E-state index in [-0.39, 0.29) is 17.1 Å². The minimum absolute atomic E-state index is 0.0168. The van der Waals surface area contributed by atoms with Gasteiger partial charge in [-0.25, -0.2) is 8.78 Å². The maximum Gasteiger partial charge on any atom is 0.201 e. The van der Waals surface area contributed by atoms with Crippen molar-refractivity contribution in [1.29, 1.82) is 0 Å². The molecule has 5 rings (SSSR count). The van der Waals surface area contributed by atoms with Gasteiger partial charge in [-0.2, -0.15) is 4.39 Å². The Morgan fingerprint density at radius 2 is 1.11 bits per heavy atom. The molecule has 0 aliphatic heterocycles. The molecule has 0 heterocycles. The van der Waals surface area contributed by atoms with Gasteiger partial charge in [0.15, 0.2) is 11.6 Å². The lowest BCUT2D eigenvalue weighted by Crippen LogP contribution is -2.13. The maximum atomic E-state index is 15.0. The van der Waals surface area contributed by atoms with Gasteiger partial charge in [-0.1, -0.05) is 100 Å². The molecule has 0 unspecified atom stereocenters. The molecule has 1 fully saturated rings. The molecular formula is C42H49F3O2. The van der Waals surface area contributed by atoms with Crippen molar-refractivity contribution < 1.29 is 22.6 Å². The average Bonchev–Trinajstić information content (AvgIpc) is 3.10. The first kappa shape index (κ1) is 34.6. The normalized spacial score (nSPS) is 16.3. The predicted molar refractivity (Wildman–Crippen MR) is 187 cm³/mol. The topological polar surface area (TPSA) is 18.5 Å². The molecule has 47 heavy (non-hydrogen) atoms.